The van der Waals surface area contributed by atoms with Gasteiger partial charge >= 0.3 is 0 Å². The quantitative estimate of drug-likeness (QED) is 0.584. The average Bonchev–Trinajstić information content (AvgIpc) is 1.81. The van der Waals surface area contributed by atoms with Crippen LogP contribution in [0, 0.1) is 5.41 Å². The van der Waals surface area contributed by atoms with Crippen LogP contribution in [-0.4, -0.2) is 38.5 Å². The van der Waals surface area contributed by atoms with Crippen molar-refractivity contribution in [3.8, 4) is 0 Å². The van der Waals surface area contributed by atoms with Gasteiger partial charge in [-0.05, 0) is 19.5 Å². The van der Waals surface area contributed by atoms with Crippen molar-refractivity contribution in [1.29, 1.82) is 0 Å². The second kappa shape index (κ2) is 4.34. The molecule has 0 saturated heterocycles. The Kier molecular flexibility index (Phi) is 4.11. The Bertz CT molecular complexity index is 121. The molecule has 3 heteroatoms. The first kappa shape index (κ1) is 10.4. The maximum absolute atomic E-state index is 10.0. The van der Waals surface area contributed by atoms with Crippen molar-refractivity contribution in [1.82, 2.24) is 10.2 Å². The van der Waals surface area contributed by atoms with Crippen LogP contribution in [0.25, 0.3) is 0 Å². The molecule has 0 aliphatic carbocycles. The van der Waals surface area contributed by atoms with Gasteiger partial charge in [0.05, 0.1) is 0 Å². The largest absolute Gasteiger partial charge is 0.358 e. The van der Waals surface area contributed by atoms with Crippen LogP contribution < -0.4 is 5.32 Å². The van der Waals surface area contributed by atoms with Gasteiger partial charge in [0.1, 0.15) is 0 Å². The molecule has 0 aromatic rings. The van der Waals surface area contributed by atoms with Gasteiger partial charge in [-0.15, -0.1) is 0 Å². The van der Waals surface area contributed by atoms with Crippen molar-refractivity contribution >= 4 is 6.41 Å². The van der Waals surface area contributed by atoms with E-state index in [0.717, 1.165) is 19.5 Å². The molecule has 66 valence electrons. The van der Waals surface area contributed by atoms with E-state index in [9.17, 15) is 4.79 Å². The zero-order valence-electron chi connectivity index (χ0n) is 7.85. The molecular weight excluding hydrogens is 140 g/mol. The maximum Gasteiger partial charge on any atom is 0.207 e. The molecule has 0 spiro atoms. The predicted molar refractivity (Wildman–Crippen MR) is 46.4 cm³/mol. The fourth-order valence-electron chi connectivity index (χ4n) is 1.23. The molecule has 1 N–H and O–H groups in total. The van der Waals surface area contributed by atoms with E-state index in [2.05, 4.69) is 24.1 Å². The molecule has 0 radical (unpaired) electrons. The highest BCUT2D eigenvalue weighted by Gasteiger charge is 2.17. The summed E-state index contributed by atoms with van der Waals surface area (Å²) in [4.78, 5) is 12.1. The number of hydrogen-bond acceptors (Lipinski definition) is 2. The number of hydrogen-bond donors (Lipinski definition) is 1. The normalized spacial score (nSPS) is 11.7. The minimum absolute atomic E-state index is 0.157. The molecule has 0 rings (SSSR count). The summed E-state index contributed by atoms with van der Waals surface area (Å²) in [6.45, 7) is 5.97. The van der Waals surface area contributed by atoms with Crippen LogP contribution in [0.5, 0.6) is 0 Å². The fraction of sp³-hybridized carbons (Fsp3) is 0.875. The molecule has 0 unspecified atom stereocenters. The minimum Gasteiger partial charge on any atom is -0.358 e. The Morgan fingerprint density at radius 2 is 2.00 bits per heavy atom. The first-order valence-electron chi connectivity index (χ1n) is 3.80. The van der Waals surface area contributed by atoms with Crippen LogP contribution >= 0.6 is 0 Å². The Morgan fingerprint density at radius 1 is 1.45 bits per heavy atom. The SMILES string of the molecule is CN(C)CC(C)(C)CNC=O. The molecule has 0 aliphatic rings. The number of carbonyl (C=O) groups is 1. The second-order valence-electron chi connectivity index (χ2n) is 3.90. The van der Waals surface area contributed by atoms with Crippen LogP contribution in [0.4, 0.5) is 0 Å². The number of nitrogens with zero attached hydrogens (tertiary/aromatic N) is 1. The lowest BCUT2D eigenvalue weighted by atomic mass is 9.93. The van der Waals surface area contributed by atoms with Crippen molar-refractivity contribution < 1.29 is 4.79 Å². The van der Waals surface area contributed by atoms with E-state index in [-0.39, 0.29) is 5.41 Å². The molecule has 0 fully saturated rings. The number of carbonyl (C=O) groups excluding carboxylic acids is 1. The van der Waals surface area contributed by atoms with Crippen molar-refractivity contribution in [2.24, 2.45) is 5.41 Å². The molecule has 0 saturated carbocycles. The summed E-state index contributed by atoms with van der Waals surface area (Å²) in [7, 11) is 4.06. The van der Waals surface area contributed by atoms with E-state index >= 15 is 0 Å². The van der Waals surface area contributed by atoms with E-state index < -0.39 is 0 Å². The van der Waals surface area contributed by atoms with Gasteiger partial charge in [-0.3, -0.25) is 4.79 Å². The van der Waals surface area contributed by atoms with E-state index in [4.69, 9.17) is 0 Å². The predicted octanol–water partition coefficient (Wildman–Crippen LogP) is 0.320. The Balaban J connectivity index is 3.69. The van der Waals surface area contributed by atoms with Gasteiger partial charge in [0.2, 0.25) is 6.41 Å². The van der Waals surface area contributed by atoms with Crippen molar-refractivity contribution in [3.05, 3.63) is 0 Å². The highest BCUT2D eigenvalue weighted by Crippen LogP contribution is 2.13. The molecule has 3 nitrogen and oxygen atoms in total. The summed E-state index contributed by atoms with van der Waals surface area (Å²) in [6.07, 6.45) is 0.747. The minimum atomic E-state index is 0.157. The van der Waals surface area contributed by atoms with Gasteiger partial charge in [-0.1, -0.05) is 13.8 Å². The highest BCUT2D eigenvalue weighted by molar-refractivity contribution is 5.45. The monoisotopic (exact) mass is 158 g/mol. The summed E-state index contributed by atoms with van der Waals surface area (Å²) in [6, 6.07) is 0. The van der Waals surface area contributed by atoms with Crippen molar-refractivity contribution in [3.63, 3.8) is 0 Å². The lowest BCUT2D eigenvalue weighted by Crippen LogP contribution is -2.37. The first-order valence-corrected chi connectivity index (χ1v) is 3.80. The summed E-state index contributed by atoms with van der Waals surface area (Å²) in [5.74, 6) is 0. The number of nitrogens with one attached hydrogen (secondary N) is 1. The molecule has 0 heterocycles. The fourth-order valence-corrected chi connectivity index (χ4v) is 1.23. The zero-order chi connectivity index (χ0) is 8.91. The number of rotatable bonds is 5. The van der Waals surface area contributed by atoms with E-state index in [0.29, 0.717) is 0 Å². The standard InChI is InChI=1S/C8H18N2O/c1-8(2,5-9-7-11)6-10(3)4/h7H,5-6H2,1-4H3,(H,9,11). The topological polar surface area (TPSA) is 32.3 Å². The maximum atomic E-state index is 10.0. The molecule has 0 aliphatic heterocycles. The smallest absolute Gasteiger partial charge is 0.207 e. The zero-order valence-corrected chi connectivity index (χ0v) is 7.85. The number of amides is 1. The van der Waals surface area contributed by atoms with Gasteiger partial charge in [0.15, 0.2) is 0 Å². The molecular formula is C8H18N2O. The highest BCUT2D eigenvalue weighted by atomic mass is 16.1. The Hall–Kier alpha value is -0.570. The molecule has 0 aromatic heterocycles. The Morgan fingerprint density at radius 3 is 2.36 bits per heavy atom. The van der Waals surface area contributed by atoms with Gasteiger partial charge in [-0.25, -0.2) is 0 Å². The molecule has 0 aromatic carbocycles. The second-order valence-corrected chi connectivity index (χ2v) is 3.90. The van der Waals surface area contributed by atoms with Gasteiger partial charge in [0.25, 0.3) is 0 Å². The van der Waals surface area contributed by atoms with Gasteiger partial charge < -0.3 is 10.2 Å². The average molecular weight is 158 g/mol. The summed E-state index contributed by atoms with van der Waals surface area (Å²) >= 11 is 0. The van der Waals surface area contributed by atoms with Crippen molar-refractivity contribution in [2.45, 2.75) is 13.8 Å². The van der Waals surface area contributed by atoms with Crippen LogP contribution in [0.2, 0.25) is 0 Å². The van der Waals surface area contributed by atoms with E-state index in [1.807, 2.05) is 14.1 Å². The van der Waals surface area contributed by atoms with E-state index in [1.54, 1.807) is 0 Å². The molecule has 11 heavy (non-hydrogen) atoms. The third-order valence-electron chi connectivity index (χ3n) is 1.41. The van der Waals surface area contributed by atoms with E-state index in [1.165, 1.54) is 0 Å². The summed E-state index contributed by atoms with van der Waals surface area (Å²) in [5, 5.41) is 2.69. The van der Waals surface area contributed by atoms with Crippen molar-refractivity contribution in [2.75, 3.05) is 27.2 Å². The lowest BCUT2D eigenvalue weighted by Gasteiger charge is -2.27. The molecule has 0 bridgehead atoms. The third kappa shape index (κ3) is 5.85. The summed E-state index contributed by atoms with van der Waals surface area (Å²) in [5.41, 5.74) is 0.157. The van der Waals surface area contributed by atoms with Crippen LogP contribution in [0.15, 0.2) is 0 Å². The Labute approximate surface area is 68.8 Å². The van der Waals surface area contributed by atoms with Gasteiger partial charge in [0, 0.05) is 13.1 Å². The summed E-state index contributed by atoms with van der Waals surface area (Å²) < 4.78 is 0. The third-order valence-corrected chi connectivity index (χ3v) is 1.41. The van der Waals surface area contributed by atoms with Crippen LogP contribution in [-0.2, 0) is 4.79 Å². The van der Waals surface area contributed by atoms with Crippen LogP contribution in [0.3, 0.4) is 0 Å². The molecule has 0 atom stereocenters. The van der Waals surface area contributed by atoms with Crippen LogP contribution in [0.1, 0.15) is 13.8 Å². The van der Waals surface area contributed by atoms with Gasteiger partial charge in [-0.2, -0.15) is 0 Å². The molecule has 1 amide bonds. The first-order chi connectivity index (χ1) is 4.98. The lowest BCUT2D eigenvalue weighted by molar-refractivity contribution is -0.110.